The highest BCUT2D eigenvalue weighted by Crippen LogP contribution is 2.29. The molecule has 4 N–H and O–H groups in total. The van der Waals surface area contributed by atoms with Crippen molar-refractivity contribution in [3.05, 3.63) is 53.6 Å². The van der Waals surface area contributed by atoms with Crippen molar-refractivity contribution >= 4 is 17.5 Å². The van der Waals surface area contributed by atoms with Crippen molar-refractivity contribution in [2.45, 2.75) is 26.1 Å². The van der Waals surface area contributed by atoms with E-state index < -0.39 is 18.6 Å². The Balaban J connectivity index is 2.01. The molecule has 0 saturated heterocycles. The van der Waals surface area contributed by atoms with E-state index in [1.54, 1.807) is 31.2 Å². The summed E-state index contributed by atoms with van der Waals surface area (Å²) >= 11 is 0. The normalized spacial score (nSPS) is 12.9. The Hall–Kier alpha value is -3.20. The van der Waals surface area contributed by atoms with Crippen LogP contribution >= 0.6 is 0 Å². The molecule has 7 nitrogen and oxygen atoms in total. The van der Waals surface area contributed by atoms with Crippen LogP contribution < -0.4 is 25.4 Å². The van der Waals surface area contributed by atoms with E-state index in [1.165, 1.54) is 25.3 Å². The number of rotatable bonds is 9. The second-order valence-electron chi connectivity index (χ2n) is 6.54. The summed E-state index contributed by atoms with van der Waals surface area (Å²) in [6.45, 7) is -0.710. The molecule has 0 aliphatic rings. The van der Waals surface area contributed by atoms with E-state index in [4.69, 9.17) is 10.5 Å². The standard InChI is InChI=1S/C20H23F2N3O4/c1-12(19(27)24-15-7-5-14(6-8-15)18(23)26)25(2)11-13-4-9-16(29-20(21)22)17(10-13)28-3/h4-10,12,20H,11H2,1-3H3,(H2,23,26)(H,24,27)/p+1/t12-/m1/s1. The molecule has 2 aromatic carbocycles. The number of amides is 2. The number of halogens is 2. The smallest absolute Gasteiger partial charge is 0.387 e. The van der Waals surface area contributed by atoms with Crippen LogP contribution in [0.4, 0.5) is 14.5 Å². The molecule has 0 aliphatic carbocycles. The maximum absolute atomic E-state index is 12.5. The Morgan fingerprint density at radius 2 is 1.79 bits per heavy atom. The van der Waals surface area contributed by atoms with Gasteiger partial charge in [0, 0.05) is 16.8 Å². The first-order valence-corrected chi connectivity index (χ1v) is 8.86. The number of quaternary nitrogens is 1. The van der Waals surface area contributed by atoms with Crippen molar-refractivity contribution in [2.75, 3.05) is 19.5 Å². The van der Waals surface area contributed by atoms with E-state index in [0.717, 1.165) is 10.5 Å². The fraction of sp³-hybridized carbons (Fsp3) is 0.300. The number of primary amides is 1. The minimum absolute atomic E-state index is 0.0471. The van der Waals surface area contributed by atoms with Gasteiger partial charge in [-0.25, -0.2) is 0 Å². The third-order valence-corrected chi connectivity index (χ3v) is 4.50. The van der Waals surface area contributed by atoms with Crippen LogP contribution in [0.2, 0.25) is 0 Å². The molecular formula is C20H24F2N3O4+. The zero-order valence-corrected chi connectivity index (χ0v) is 16.4. The van der Waals surface area contributed by atoms with Gasteiger partial charge in [-0.1, -0.05) is 0 Å². The minimum Gasteiger partial charge on any atom is -0.493 e. The molecule has 0 aromatic heterocycles. The fourth-order valence-corrected chi connectivity index (χ4v) is 2.68. The number of nitrogens with two attached hydrogens (primary N) is 1. The first kappa shape index (κ1) is 22.1. The molecule has 0 heterocycles. The van der Waals surface area contributed by atoms with Crippen LogP contribution in [0.5, 0.6) is 11.5 Å². The first-order chi connectivity index (χ1) is 13.7. The average Bonchev–Trinajstić information content (AvgIpc) is 2.68. The van der Waals surface area contributed by atoms with Crippen molar-refractivity contribution in [1.82, 2.24) is 0 Å². The molecule has 0 aliphatic heterocycles. The van der Waals surface area contributed by atoms with Crippen LogP contribution in [0, 0.1) is 0 Å². The van der Waals surface area contributed by atoms with Gasteiger partial charge in [-0.3, -0.25) is 9.59 Å². The summed E-state index contributed by atoms with van der Waals surface area (Å²) in [6.07, 6.45) is 0. The maximum atomic E-state index is 12.5. The van der Waals surface area contributed by atoms with Gasteiger partial charge in [-0.05, 0) is 49.4 Å². The third-order valence-electron chi connectivity index (χ3n) is 4.50. The van der Waals surface area contributed by atoms with Crippen molar-refractivity contribution in [2.24, 2.45) is 5.73 Å². The summed E-state index contributed by atoms with van der Waals surface area (Å²) in [7, 11) is 3.21. The largest absolute Gasteiger partial charge is 0.493 e. The highest BCUT2D eigenvalue weighted by molar-refractivity contribution is 5.95. The van der Waals surface area contributed by atoms with Crippen LogP contribution in [0.25, 0.3) is 0 Å². The molecule has 0 radical (unpaired) electrons. The molecule has 0 fully saturated rings. The number of anilines is 1. The van der Waals surface area contributed by atoms with Crippen LogP contribution in [0.15, 0.2) is 42.5 Å². The lowest BCUT2D eigenvalue weighted by Crippen LogP contribution is -3.12. The predicted molar refractivity (Wildman–Crippen MR) is 103 cm³/mol. The molecule has 156 valence electrons. The Labute approximate surface area is 167 Å². The van der Waals surface area contributed by atoms with E-state index in [9.17, 15) is 18.4 Å². The van der Waals surface area contributed by atoms with E-state index >= 15 is 0 Å². The van der Waals surface area contributed by atoms with Gasteiger partial charge in [-0.15, -0.1) is 0 Å². The van der Waals surface area contributed by atoms with Crippen LogP contribution in [0.3, 0.4) is 0 Å². The molecule has 29 heavy (non-hydrogen) atoms. The first-order valence-electron chi connectivity index (χ1n) is 8.86. The van der Waals surface area contributed by atoms with Crippen LogP contribution in [-0.4, -0.2) is 38.6 Å². The number of hydrogen-bond acceptors (Lipinski definition) is 4. The monoisotopic (exact) mass is 408 g/mol. The molecular weight excluding hydrogens is 384 g/mol. The molecule has 2 rings (SSSR count). The summed E-state index contributed by atoms with van der Waals surface area (Å²) < 4.78 is 34.4. The molecule has 0 saturated carbocycles. The molecule has 0 spiro atoms. The Kier molecular flexibility index (Phi) is 7.49. The topological polar surface area (TPSA) is 95.1 Å². The molecule has 2 amide bonds. The molecule has 2 atom stereocenters. The van der Waals surface area contributed by atoms with E-state index in [-0.39, 0.29) is 17.4 Å². The lowest BCUT2D eigenvalue weighted by Gasteiger charge is -2.21. The average molecular weight is 408 g/mol. The number of ether oxygens (including phenoxy) is 2. The summed E-state index contributed by atoms with van der Waals surface area (Å²) in [5.41, 5.74) is 6.90. The maximum Gasteiger partial charge on any atom is 0.387 e. The Morgan fingerprint density at radius 3 is 2.34 bits per heavy atom. The molecule has 1 unspecified atom stereocenters. The minimum atomic E-state index is -2.94. The second kappa shape index (κ2) is 9.83. The highest BCUT2D eigenvalue weighted by atomic mass is 19.3. The zero-order valence-electron chi connectivity index (χ0n) is 16.4. The van der Waals surface area contributed by atoms with Crippen molar-refractivity contribution < 1.29 is 32.7 Å². The number of alkyl halides is 2. The third kappa shape index (κ3) is 6.15. The number of likely N-dealkylation sites (N-methyl/N-ethyl adjacent to an activating group) is 1. The Bertz CT molecular complexity index is 859. The number of methoxy groups -OCH3 is 1. The predicted octanol–water partition coefficient (Wildman–Crippen LogP) is 1.44. The summed E-state index contributed by atoms with van der Waals surface area (Å²) in [5, 5.41) is 2.79. The number of carbonyl (C=O) groups is 2. The second-order valence-corrected chi connectivity index (χ2v) is 6.54. The van der Waals surface area contributed by atoms with Crippen LogP contribution in [0.1, 0.15) is 22.8 Å². The van der Waals surface area contributed by atoms with Crippen molar-refractivity contribution in [1.29, 1.82) is 0 Å². The molecule has 9 heteroatoms. The zero-order chi connectivity index (χ0) is 21.6. The highest BCUT2D eigenvalue weighted by Gasteiger charge is 2.23. The number of hydrogen-bond donors (Lipinski definition) is 3. The quantitative estimate of drug-likeness (QED) is 0.585. The van der Waals surface area contributed by atoms with E-state index in [0.29, 0.717) is 17.8 Å². The molecule has 2 aromatic rings. The lowest BCUT2D eigenvalue weighted by molar-refractivity contribution is -0.907. The van der Waals surface area contributed by atoms with Gasteiger partial charge in [0.2, 0.25) is 5.91 Å². The summed E-state index contributed by atoms with van der Waals surface area (Å²) in [4.78, 5) is 24.5. The van der Waals surface area contributed by atoms with Gasteiger partial charge >= 0.3 is 6.61 Å². The van der Waals surface area contributed by atoms with E-state index in [2.05, 4.69) is 10.1 Å². The van der Waals surface area contributed by atoms with Gasteiger partial charge in [0.15, 0.2) is 17.5 Å². The van der Waals surface area contributed by atoms with Gasteiger partial charge in [0.05, 0.1) is 14.2 Å². The van der Waals surface area contributed by atoms with Gasteiger partial charge in [0.25, 0.3) is 5.91 Å². The van der Waals surface area contributed by atoms with Gasteiger partial charge in [0.1, 0.15) is 6.54 Å². The number of nitrogens with one attached hydrogen (secondary N) is 2. The number of benzene rings is 2. The number of carbonyl (C=O) groups excluding carboxylic acids is 2. The fourth-order valence-electron chi connectivity index (χ4n) is 2.68. The van der Waals surface area contributed by atoms with Crippen molar-refractivity contribution in [3.8, 4) is 11.5 Å². The van der Waals surface area contributed by atoms with E-state index in [1.807, 2.05) is 7.05 Å². The lowest BCUT2D eigenvalue weighted by atomic mass is 10.1. The SMILES string of the molecule is COc1cc(C[NH+](C)[C@H](C)C(=O)Nc2ccc(C(N)=O)cc2)ccc1OC(F)F. The van der Waals surface area contributed by atoms with Gasteiger partial charge in [-0.2, -0.15) is 8.78 Å². The van der Waals surface area contributed by atoms with Crippen LogP contribution in [-0.2, 0) is 11.3 Å². The van der Waals surface area contributed by atoms with Gasteiger partial charge < -0.3 is 25.4 Å². The Morgan fingerprint density at radius 1 is 1.14 bits per heavy atom. The summed E-state index contributed by atoms with van der Waals surface area (Å²) in [5.74, 6) is -0.601. The molecule has 0 bridgehead atoms. The van der Waals surface area contributed by atoms with Crippen molar-refractivity contribution in [3.63, 3.8) is 0 Å². The summed E-state index contributed by atoms with van der Waals surface area (Å²) in [6, 6.07) is 10.5.